The molecule has 1 saturated carbocycles. The Morgan fingerprint density at radius 2 is 1.65 bits per heavy atom. The maximum Gasteiger partial charge on any atom is 0.258 e. The van der Waals surface area contributed by atoms with E-state index in [1.54, 1.807) is 0 Å². The Balaban J connectivity index is 1.49. The van der Waals surface area contributed by atoms with Crippen molar-refractivity contribution < 1.29 is 9.59 Å². The molecular weight excluding hydrogens is 444 g/mol. The Kier molecular flexibility index (Phi) is 6.18. The zero-order valence-electron chi connectivity index (χ0n) is 19.6. The summed E-state index contributed by atoms with van der Waals surface area (Å²) >= 11 is 6.10. The average molecular weight is 473 g/mol. The van der Waals surface area contributed by atoms with Gasteiger partial charge in [0.15, 0.2) is 0 Å². The Morgan fingerprint density at radius 1 is 0.971 bits per heavy atom. The van der Waals surface area contributed by atoms with Crippen molar-refractivity contribution in [1.29, 1.82) is 0 Å². The topological polar surface area (TPSA) is 40.6 Å². The van der Waals surface area contributed by atoms with E-state index in [-0.39, 0.29) is 29.8 Å². The minimum absolute atomic E-state index is 0.0229. The molecule has 2 aliphatic rings. The molecule has 0 aromatic heterocycles. The van der Waals surface area contributed by atoms with Crippen molar-refractivity contribution in [2.24, 2.45) is 0 Å². The summed E-state index contributed by atoms with van der Waals surface area (Å²) in [5, 5.41) is 0.657. The predicted molar refractivity (Wildman–Crippen MR) is 138 cm³/mol. The lowest BCUT2D eigenvalue weighted by Gasteiger charge is -2.40. The Bertz CT molecular complexity index is 1200. The molecule has 3 aromatic carbocycles. The molecule has 5 heteroatoms. The lowest BCUT2D eigenvalue weighted by Crippen LogP contribution is -2.47. The van der Waals surface area contributed by atoms with Gasteiger partial charge in [-0.25, -0.2) is 0 Å². The fourth-order valence-electron chi connectivity index (χ4n) is 5.00. The van der Waals surface area contributed by atoms with Gasteiger partial charge in [-0.1, -0.05) is 48.9 Å². The number of carbonyl (C=O) groups is 2. The predicted octanol–water partition coefficient (Wildman–Crippen LogP) is 6.62. The largest absolute Gasteiger partial charge is 0.309 e. The minimum Gasteiger partial charge on any atom is -0.309 e. The van der Waals surface area contributed by atoms with Gasteiger partial charge in [0.25, 0.3) is 5.91 Å². The fraction of sp³-hybridized carbons (Fsp3) is 0.310. The van der Waals surface area contributed by atoms with Gasteiger partial charge in [-0.05, 0) is 86.2 Å². The van der Waals surface area contributed by atoms with Gasteiger partial charge in [0.2, 0.25) is 5.91 Å². The van der Waals surface area contributed by atoms with E-state index < -0.39 is 0 Å². The molecule has 1 aliphatic heterocycles. The summed E-state index contributed by atoms with van der Waals surface area (Å²) in [6.45, 7) is 4.14. The van der Waals surface area contributed by atoms with E-state index in [1.165, 1.54) is 5.56 Å². The molecule has 2 atom stereocenters. The molecule has 174 valence electrons. The molecule has 4 nitrogen and oxygen atoms in total. The van der Waals surface area contributed by atoms with E-state index in [9.17, 15) is 9.59 Å². The third-order valence-electron chi connectivity index (χ3n) is 6.97. The van der Waals surface area contributed by atoms with E-state index in [2.05, 4.69) is 6.92 Å². The zero-order chi connectivity index (χ0) is 23.8. The average Bonchev–Trinajstić information content (AvgIpc) is 3.69. The van der Waals surface area contributed by atoms with E-state index in [0.29, 0.717) is 17.0 Å². The molecule has 0 bridgehead atoms. The van der Waals surface area contributed by atoms with Gasteiger partial charge in [-0.2, -0.15) is 0 Å². The number of benzene rings is 3. The maximum atomic E-state index is 14.0. The normalized spacial score (nSPS) is 19.4. The smallest absolute Gasteiger partial charge is 0.258 e. The summed E-state index contributed by atoms with van der Waals surface area (Å²) in [5.74, 6) is -0.220. The highest BCUT2D eigenvalue weighted by Gasteiger charge is 2.42. The van der Waals surface area contributed by atoms with Crippen molar-refractivity contribution in [2.45, 2.75) is 57.5 Å². The van der Waals surface area contributed by atoms with Gasteiger partial charge in [-0.3, -0.25) is 9.59 Å². The number of fused-ring (bicyclic) bond motifs is 1. The molecule has 0 saturated heterocycles. The molecule has 5 rings (SSSR count). The van der Waals surface area contributed by atoms with Gasteiger partial charge in [-0.15, -0.1) is 0 Å². The van der Waals surface area contributed by atoms with E-state index in [4.69, 9.17) is 11.6 Å². The van der Waals surface area contributed by atoms with Crippen LogP contribution in [0.2, 0.25) is 5.02 Å². The number of para-hydroxylation sites is 1. The SMILES string of the molecule is CCc1ccc(C(=O)N2c3ccccc3[C@@H](C(=O)N(c3ccc(Cl)cc3)C3CC3)C[C@@H]2C)cc1. The molecule has 1 fully saturated rings. The first-order chi connectivity index (χ1) is 16.5. The number of hydrogen-bond donors (Lipinski definition) is 0. The van der Waals surface area contributed by atoms with Crippen LogP contribution in [-0.2, 0) is 11.2 Å². The standard InChI is InChI=1S/C29H29ClN2O2/c1-3-20-8-10-21(11-9-20)28(33)31-19(2)18-26(25-6-4-5-7-27(25)31)29(34)32(24-16-17-24)23-14-12-22(30)13-15-23/h4-15,19,24,26H,3,16-18H2,1-2H3/t19-,26-/m0/s1. The van der Waals surface area contributed by atoms with Crippen molar-refractivity contribution in [3.8, 4) is 0 Å². The van der Waals surface area contributed by atoms with Crippen LogP contribution in [0.1, 0.15) is 60.5 Å². The monoisotopic (exact) mass is 472 g/mol. The van der Waals surface area contributed by atoms with Crippen LogP contribution in [0.25, 0.3) is 0 Å². The van der Waals surface area contributed by atoms with Crippen LogP contribution in [0.15, 0.2) is 72.8 Å². The number of nitrogens with zero attached hydrogens (tertiary/aromatic N) is 2. The van der Waals surface area contributed by atoms with Crippen molar-refractivity contribution in [3.63, 3.8) is 0 Å². The zero-order valence-corrected chi connectivity index (χ0v) is 20.3. The summed E-state index contributed by atoms with van der Waals surface area (Å²) in [4.78, 5) is 31.4. The molecule has 0 unspecified atom stereocenters. The summed E-state index contributed by atoms with van der Waals surface area (Å²) in [6.07, 6.45) is 3.55. The van der Waals surface area contributed by atoms with Crippen LogP contribution in [0.5, 0.6) is 0 Å². The van der Waals surface area contributed by atoms with Crippen LogP contribution < -0.4 is 9.80 Å². The second kappa shape index (κ2) is 9.27. The molecule has 1 aliphatic carbocycles. The van der Waals surface area contributed by atoms with Gasteiger partial charge in [0.1, 0.15) is 0 Å². The molecule has 0 N–H and O–H groups in total. The molecule has 0 radical (unpaired) electrons. The highest BCUT2D eigenvalue weighted by molar-refractivity contribution is 6.30. The Morgan fingerprint density at radius 3 is 2.29 bits per heavy atom. The van der Waals surface area contributed by atoms with Crippen molar-refractivity contribution >= 4 is 34.8 Å². The molecular formula is C29H29ClN2O2. The van der Waals surface area contributed by atoms with E-state index >= 15 is 0 Å². The Hall–Kier alpha value is -3.11. The van der Waals surface area contributed by atoms with E-state index in [1.807, 2.05) is 89.5 Å². The second-order valence-corrected chi connectivity index (χ2v) is 9.77. The number of aryl methyl sites for hydroxylation is 1. The summed E-state index contributed by atoms with van der Waals surface area (Å²) in [6, 6.07) is 23.3. The summed E-state index contributed by atoms with van der Waals surface area (Å²) in [5.41, 5.74) is 4.51. The number of rotatable bonds is 5. The number of halogens is 1. The Labute approximate surface area is 206 Å². The van der Waals surface area contributed by atoms with Crippen LogP contribution in [0.4, 0.5) is 11.4 Å². The van der Waals surface area contributed by atoms with Crippen molar-refractivity contribution in [3.05, 3.63) is 94.5 Å². The van der Waals surface area contributed by atoms with Gasteiger partial charge < -0.3 is 9.80 Å². The van der Waals surface area contributed by atoms with Crippen molar-refractivity contribution in [2.75, 3.05) is 9.80 Å². The number of carbonyl (C=O) groups excluding carboxylic acids is 2. The maximum absolute atomic E-state index is 14.0. The van der Waals surface area contributed by atoms with Crippen LogP contribution in [0.3, 0.4) is 0 Å². The van der Waals surface area contributed by atoms with E-state index in [0.717, 1.165) is 36.2 Å². The minimum atomic E-state index is -0.297. The third kappa shape index (κ3) is 4.23. The molecule has 2 amide bonds. The second-order valence-electron chi connectivity index (χ2n) is 9.34. The molecule has 1 heterocycles. The fourth-order valence-corrected chi connectivity index (χ4v) is 5.12. The molecule has 34 heavy (non-hydrogen) atoms. The molecule has 0 spiro atoms. The first-order valence-corrected chi connectivity index (χ1v) is 12.5. The van der Waals surface area contributed by atoms with Crippen LogP contribution in [0, 0.1) is 0 Å². The summed E-state index contributed by atoms with van der Waals surface area (Å²) in [7, 11) is 0. The van der Waals surface area contributed by atoms with Crippen LogP contribution in [-0.4, -0.2) is 23.9 Å². The third-order valence-corrected chi connectivity index (χ3v) is 7.22. The number of hydrogen-bond acceptors (Lipinski definition) is 2. The van der Waals surface area contributed by atoms with Gasteiger partial charge >= 0.3 is 0 Å². The highest BCUT2D eigenvalue weighted by atomic mass is 35.5. The number of amides is 2. The van der Waals surface area contributed by atoms with Crippen molar-refractivity contribution in [1.82, 2.24) is 0 Å². The van der Waals surface area contributed by atoms with Crippen LogP contribution >= 0.6 is 11.6 Å². The highest BCUT2D eigenvalue weighted by Crippen LogP contribution is 2.43. The quantitative estimate of drug-likeness (QED) is 0.418. The number of anilines is 2. The lowest BCUT2D eigenvalue weighted by atomic mass is 9.84. The van der Waals surface area contributed by atoms with Gasteiger partial charge in [0.05, 0.1) is 5.92 Å². The first kappa shape index (κ1) is 22.7. The van der Waals surface area contributed by atoms with Gasteiger partial charge in [0, 0.05) is 34.0 Å². The molecule has 3 aromatic rings. The first-order valence-electron chi connectivity index (χ1n) is 12.1. The lowest BCUT2D eigenvalue weighted by molar-refractivity contribution is -0.120. The summed E-state index contributed by atoms with van der Waals surface area (Å²) < 4.78 is 0.